The molecule has 0 saturated carbocycles. The Morgan fingerprint density at radius 2 is 2.00 bits per heavy atom. The van der Waals surface area contributed by atoms with E-state index in [9.17, 15) is 13.2 Å². The summed E-state index contributed by atoms with van der Waals surface area (Å²) in [6, 6.07) is 0. The first-order valence-electron chi connectivity index (χ1n) is 3.33. The zero-order valence-corrected chi connectivity index (χ0v) is 5.49. The van der Waals surface area contributed by atoms with Gasteiger partial charge in [0.1, 0.15) is 6.17 Å². The van der Waals surface area contributed by atoms with Crippen LogP contribution in [0.1, 0.15) is 6.42 Å². The van der Waals surface area contributed by atoms with Gasteiger partial charge >= 0.3 is 0 Å². The number of piperidine rings is 1. The largest absolute Gasteiger partial charge is 0.313 e. The molecule has 1 aliphatic heterocycles. The van der Waals surface area contributed by atoms with Gasteiger partial charge < -0.3 is 5.32 Å². The maximum Gasteiger partial charge on any atom is 0.242 e. The Bertz CT molecular complexity index is 107. The molecule has 0 radical (unpaired) electrons. The topological polar surface area (TPSA) is 12.0 Å². The number of hydrogen-bond acceptors (Lipinski definition) is 1. The second-order valence-corrected chi connectivity index (χ2v) is 2.59. The lowest BCUT2D eigenvalue weighted by molar-refractivity contribution is 0.0428. The lowest BCUT2D eigenvalue weighted by Crippen LogP contribution is -2.40. The molecule has 0 aliphatic carbocycles. The Labute approximate surface area is 57.6 Å². The SMILES string of the molecule is FC1CNCC(C(F)F)C1. The van der Waals surface area contributed by atoms with Crippen LogP contribution in [-0.4, -0.2) is 25.7 Å². The van der Waals surface area contributed by atoms with Crippen molar-refractivity contribution in [3.63, 3.8) is 0 Å². The van der Waals surface area contributed by atoms with Crippen molar-refractivity contribution in [1.29, 1.82) is 0 Å². The van der Waals surface area contributed by atoms with Crippen molar-refractivity contribution in [2.75, 3.05) is 13.1 Å². The molecule has 2 unspecified atom stereocenters. The van der Waals surface area contributed by atoms with E-state index in [0.29, 0.717) is 0 Å². The molecule has 1 rings (SSSR count). The Hall–Kier alpha value is -0.250. The van der Waals surface area contributed by atoms with Crippen molar-refractivity contribution < 1.29 is 13.2 Å². The van der Waals surface area contributed by atoms with E-state index in [1.807, 2.05) is 0 Å². The van der Waals surface area contributed by atoms with Crippen LogP contribution >= 0.6 is 0 Å². The molecule has 1 heterocycles. The molecular weight excluding hydrogens is 143 g/mol. The van der Waals surface area contributed by atoms with Gasteiger partial charge in [0.25, 0.3) is 0 Å². The van der Waals surface area contributed by atoms with E-state index >= 15 is 0 Å². The van der Waals surface area contributed by atoms with Gasteiger partial charge in [0.05, 0.1) is 0 Å². The maximum atomic E-state index is 12.4. The fourth-order valence-corrected chi connectivity index (χ4v) is 1.11. The van der Waals surface area contributed by atoms with Gasteiger partial charge in [-0.05, 0) is 6.42 Å². The quantitative estimate of drug-likeness (QED) is 0.596. The molecule has 2 atom stereocenters. The minimum Gasteiger partial charge on any atom is -0.313 e. The highest BCUT2D eigenvalue weighted by molar-refractivity contribution is 4.76. The van der Waals surface area contributed by atoms with Crippen LogP contribution in [0.4, 0.5) is 13.2 Å². The molecule has 0 aromatic carbocycles. The van der Waals surface area contributed by atoms with Gasteiger partial charge in [0, 0.05) is 19.0 Å². The molecule has 4 heteroatoms. The number of nitrogens with one attached hydrogen (secondary N) is 1. The van der Waals surface area contributed by atoms with E-state index in [4.69, 9.17) is 0 Å². The molecule has 1 nitrogen and oxygen atoms in total. The summed E-state index contributed by atoms with van der Waals surface area (Å²) < 4.78 is 36.2. The number of halogens is 3. The third-order valence-corrected chi connectivity index (χ3v) is 1.69. The van der Waals surface area contributed by atoms with Crippen molar-refractivity contribution in [3.05, 3.63) is 0 Å². The molecular formula is C6H10F3N. The molecule has 1 saturated heterocycles. The summed E-state index contributed by atoms with van der Waals surface area (Å²) >= 11 is 0. The highest BCUT2D eigenvalue weighted by Gasteiger charge is 2.27. The molecule has 0 aromatic rings. The van der Waals surface area contributed by atoms with Gasteiger partial charge in [0.2, 0.25) is 6.43 Å². The molecule has 0 amide bonds. The summed E-state index contributed by atoms with van der Waals surface area (Å²) in [6.07, 6.45) is -3.47. The van der Waals surface area contributed by atoms with Crippen LogP contribution in [0.5, 0.6) is 0 Å². The normalized spacial score (nSPS) is 34.8. The van der Waals surface area contributed by atoms with Crippen molar-refractivity contribution in [2.45, 2.75) is 19.0 Å². The molecule has 60 valence electrons. The third kappa shape index (κ3) is 1.87. The van der Waals surface area contributed by atoms with Crippen molar-refractivity contribution in [2.24, 2.45) is 5.92 Å². The van der Waals surface area contributed by atoms with Crippen LogP contribution < -0.4 is 5.32 Å². The highest BCUT2D eigenvalue weighted by Crippen LogP contribution is 2.19. The molecule has 1 N–H and O–H groups in total. The smallest absolute Gasteiger partial charge is 0.242 e. The van der Waals surface area contributed by atoms with Crippen molar-refractivity contribution in [3.8, 4) is 0 Å². The zero-order valence-electron chi connectivity index (χ0n) is 5.49. The molecule has 1 aliphatic rings. The minimum atomic E-state index is -2.38. The van der Waals surface area contributed by atoms with Gasteiger partial charge in [-0.2, -0.15) is 0 Å². The van der Waals surface area contributed by atoms with Gasteiger partial charge in [-0.3, -0.25) is 0 Å². The Morgan fingerprint density at radius 1 is 1.30 bits per heavy atom. The van der Waals surface area contributed by atoms with Crippen LogP contribution in [0.2, 0.25) is 0 Å². The average molecular weight is 153 g/mol. The molecule has 1 fully saturated rings. The molecule has 0 spiro atoms. The standard InChI is InChI=1S/C6H10F3N/c7-5-1-4(6(8)9)2-10-3-5/h4-6,10H,1-3H2. The minimum absolute atomic E-state index is 0.00463. The lowest BCUT2D eigenvalue weighted by Gasteiger charge is -2.24. The molecule has 10 heavy (non-hydrogen) atoms. The lowest BCUT2D eigenvalue weighted by atomic mass is 9.99. The third-order valence-electron chi connectivity index (χ3n) is 1.69. The Morgan fingerprint density at radius 3 is 2.40 bits per heavy atom. The fraction of sp³-hybridized carbons (Fsp3) is 1.00. The zero-order chi connectivity index (χ0) is 7.56. The van der Waals surface area contributed by atoms with Crippen molar-refractivity contribution >= 4 is 0 Å². The average Bonchev–Trinajstić information content (AvgIpc) is 1.88. The second kappa shape index (κ2) is 3.23. The van der Waals surface area contributed by atoms with Crippen LogP contribution in [0, 0.1) is 5.92 Å². The monoisotopic (exact) mass is 153 g/mol. The number of rotatable bonds is 1. The first-order valence-corrected chi connectivity index (χ1v) is 3.33. The predicted octanol–water partition coefficient (Wildman–Crippen LogP) is 1.20. The van der Waals surface area contributed by atoms with Crippen LogP contribution in [0.15, 0.2) is 0 Å². The van der Waals surface area contributed by atoms with Gasteiger partial charge in [-0.1, -0.05) is 0 Å². The summed E-state index contributed by atoms with van der Waals surface area (Å²) in [6.45, 7) is 0.474. The number of hydrogen-bond donors (Lipinski definition) is 1. The van der Waals surface area contributed by atoms with Crippen LogP contribution in [-0.2, 0) is 0 Å². The summed E-state index contributed by atoms with van der Waals surface area (Å²) in [5.74, 6) is -0.788. The number of alkyl halides is 3. The van der Waals surface area contributed by atoms with E-state index in [1.54, 1.807) is 0 Å². The molecule has 0 aromatic heterocycles. The van der Waals surface area contributed by atoms with Gasteiger partial charge in [0.15, 0.2) is 0 Å². The first-order chi connectivity index (χ1) is 4.70. The second-order valence-electron chi connectivity index (χ2n) is 2.59. The van der Waals surface area contributed by atoms with E-state index in [-0.39, 0.29) is 19.5 Å². The maximum absolute atomic E-state index is 12.4. The summed E-state index contributed by atoms with van der Waals surface area (Å²) in [5, 5.41) is 2.61. The fourth-order valence-electron chi connectivity index (χ4n) is 1.11. The van der Waals surface area contributed by atoms with Gasteiger partial charge in [-0.15, -0.1) is 0 Å². The first kappa shape index (κ1) is 7.85. The summed E-state index contributed by atoms with van der Waals surface area (Å²) in [4.78, 5) is 0. The van der Waals surface area contributed by atoms with E-state index < -0.39 is 18.5 Å². The van der Waals surface area contributed by atoms with Crippen LogP contribution in [0.25, 0.3) is 0 Å². The Kier molecular flexibility index (Phi) is 2.54. The van der Waals surface area contributed by atoms with E-state index in [0.717, 1.165) is 0 Å². The molecule has 0 bridgehead atoms. The predicted molar refractivity (Wildman–Crippen MR) is 31.9 cm³/mol. The van der Waals surface area contributed by atoms with Gasteiger partial charge in [-0.25, -0.2) is 13.2 Å². The summed E-state index contributed by atoms with van der Waals surface area (Å²) in [5.41, 5.74) is 0. The van der Waals surface area contributed by atoms with E-state index in [2.05, 4.69) is 5.32 Å². The summed E-state index contributed by atoms with van der Waals surface area (Å²) in [7, 11) is 0. The van der Waals surface area contributed by atoms with Crippen LogP contribution in [0.3, 0.4) is 0 Å². The highest BCUT2D eigenvalue weighted by atomic mass is 19.3. The van der Waals surface area contributed by atoms with E-state index in [1.165, 1.54) is 0 Å². The Balaban J connectivity index is 2.32. The van der Waals surface area contributed by atoms with Crippen molar-refractivity contribution in [1.82, 2.24) is 5.32 Å².